The number of H-pyrrole nitrogens is 1. The smallest absolute Gasteiger partial charge is 0.316 e. The molecule has 2 aliphatic carbocycles. The minimum Gasteiger partial charge on any atom is -0.465 e. The molecule has 3 aliphatic rings. The van der Waals surface area contributed by atoms with Gasteiger partial charge in [0.1, 0.15) is 11.7 Å². The van der Waals surface area contributed by atoms with Gasteiger partial charge in [-0.15, -0.1) is 4.68 Å². The summed E-state index contributed by atoms with van der Waals surface area (Å²) in [5.74, 6) is -0.124. The first-order valence-electron chi connectivity index (χ1n) is 17.5. The second-order valence-electron chi connectivity index (χ2n) is 12.6. The van der Waals surface area contributed by atoms with E-state index in [0.29, 0.717) is 34.7 Å². The third kappa shape index (κ3) is 8.84. The van der Waals surface area contributed by atoms with Crippen LogP contribution in [0, 0.1) is 5.92 Å². The fourth-order valence-electron chi connectivity index (χ4n) is 6.35. The normalized spacial score (nSPS) is 17.8. The monoisotopic (exact) mass is 695 g/mol. The fourth-order valence-corrected chi connectivity index (χ4v) is 7.00. The Balaban J connectivity index is 1.22. The average Bonchev–Trinajstić information content (AvgIpc) is 3.60. The van der Waals surface area contributed by atoms with Crippen LogP contribution in [0.3, 0.4) is 0 Å². The maximum atomic E-state index is 14.3. The molecule has 0 saturated heterocycles. The number of thioether (sulfide) groups is 1. The van der Waals surface area contributed by atoms with Gasteiger partial charge in [0.2, 0.25) is 0 Å². The van der Waals surface area contributed by atoms with Gasteiger partial charge in [-0.2, -0.15) is 4.99 Å². The van der Waals surface area contributed by atoms with Gasteiger partial charge in [-0.05, 0) is 55.0 Å². The summed E-state index contributed by atoms with van der Waals surface area (Å²) >= 11 is 1.18. The lowest BCUT2D eigenvalue weighted by molar-refractivity contribution is -0.750. The Morgan fingerprint density at radius 2 is 1.80 bits per heavy atom. The van der Waals surface area contributed by atoms with Crippen molar-refractivity contribution in [2.45, 2.75) is 81.7 Å². The van der Waals surface area contributed by atoms with Gasteiger partial charge < -0.3 is 14.8 Å². The van der Waals surface area contributed by atoms with Gasteiger partial charge in [0.25, 0.3) is 22.9 Å². The van der Waals surface area contributed by atoms with Crippen LogP contribution in [0.15, 0.2) is 94.0 Å². The van der Waals surface area contributed by atoms with Gasteiger partial charge in [-0.3, -0.25) is 14.4 Å². The first-order chi connectivity index (χ1) is 24.5. The highest BCUT2D eigenvalue weighted by Crippen LogP contribution is 2.40. The zero-order chi connectivity index (χ0) is 34.7. The number of para-hydroxylation sites is 3. The number of carbonyl (C=O) groups excluding carboxylic acids is 3. The van der Waals surface area contributed by atoms with Crippen LogP contribution in [0.5, 0.6) is 11.5 Å². The summed E-state index contributed by atoms with van der Waals surface area (Å²) in [7, 11) is 0. The average molecular weight is 696 g/mol. The number of nitrogens with zero attached hydrogens (tertiary/aromatic N) is 4. The molecule has 50 heavy (non-hydrogen) atoms. The maximum absolute atomic E-state index is 14.3. The number of nitrogens with one attached hydrogen (secondary N) is 2. The number of esters is 1. The van der Waals surface area contributed by atoms with Crippen LogP contribution in [-0.2, 0) is 19.1 Å². The lowest BCUT2D eigenvalue weighted by Gasteiger charge is -2.24. The van der Waals surface area contributed by atoms with Gasteiger partial charge in [0, 0.05) is 0 Å². The number of amidine groups is 1. The molecule has 2 N–H and O–H groups in total. The number of carbonyl (C=O) groups is 3. The van der Waals surface area contributed by atoms with Crippen LogP contribution in [0.2, 0.25) is 0 Å². The highest BCUT2D eigenvalue weighted by atomic mass is 32.2. The van der Waals surface area contributed by atoms with Gasteiger partial charge in [-0.1, -0.05) is 111 Å². The summed E-state index contributed by atoms with van der Waals surface area (Å²) in [5, 5.41) is 10.6. The van der Waals surface area contributed by atoms with E-state index >= 15 is 0 Å². The summed E-state index contributed by atoms with van der Waals surface area (Å²) in [4.78, 5) is 48.6. The number of unbranched alkanes of at least 4 members (excludes halogenated alkanes) is 3. The Hall–Kier alpha value is -4.84. The van der Waals surface area contributed by atoms with E-state index in [1.165, 1.54) is 41.3 Å². The molecule has 12 heteroatoms. The van der Waals surface area contributed by atoms with Gasteiger partial charge in [0.15, 0.2) is 17.8 Å². The van der Waals surface area contributed by atoms with E-state index in [1.54, 1.807) is 36.6 Å². The molecule has 2 atom stereocenters. The largest absolute Gasteiger partial charge is 0.465 e. The van der Waals surface area contributed by atoms with E-state index in [2.05, 4.69) is 38.6 Å². The zero-order valence-corrected chi connectivity index (χ0v) is 29.1. The lowest BCUT2D eigenvalue weighted by Crippen LogP contribution is -2.52. The number of hydrogen-bond donors (Lipinski definition) is 2. The molecule has 0 spiro atoms. The molecule has 2 heterocycles. The lowest BCUT2D eigenvalue weighted by atomic mass is 9.84. The molecular weight excluding hydrogens is 653 g/mol. The van der Waals surface area contributed by atoms with E-state index in [-0.39, 0.29) is 17.6 Å². The van der Waals surface area contributed by atoms with Crippen LogP contribution < -0.4 is 14.7 Å². The van der Waals surface area contributed by atoms with Gasteiger partial charge >= 0.3 is 5.97 Å². The summed E-state index contributed by atoms with van der Waals surface area (Å²) in [5.41, 5.74) is 2.12. The SMILES string of the molecule is CCCCCCOC(=O)CSc1c[n+](C(C(=O)Nc2ccccc2Oc2ccccc2C2CCCCC2)C2=NC(=O)C3C=CC=CC3=N2)[nH]n1. The highest BCUT2D eigenvalue weighted by Gasteiger charge is 2.38. The number of aromatic nitrogens is 3. The number of aliphatic imine (C=N–C) groups is 2. The summed E-state index contributed by atoms with van der Waals surface area (Å²) < 4.78 is 13.3. The Kier molecular flexibility index (Phi) is 12.0. The van der Waals surface area contributed by atoms with Gasteiger partial charge in [-0.25, -0.2) is 4.99 Å². The second kappa shape index (κ2) is 17.2. The molecule has 1 saturated carbocycles. The minimum absolute atomic E-state index is 0.0106. The zero-order valence-electron chi connectivity index (χ0n) is 28.3. The predicted molar refractivity (Wildman–Crippen MR) is 193 cm³/mol. The topological polar surface area (TPSA) is 139 Å². The number of rotatable bonds is 15. The number of fused-ring (bicyclic) bond motifs is 1. The number of aromatic amines is 1. The van der Waals surface area contributed by atoms with E-state index < -0.39 is 23.8 Å². The van der Waals surface area contributed by atoms with E-state index in [9.17, 15) is 14.4 Å². The molecule has 0 bridgehead atoms. The maximum Gasteiger partial charge on any atom is 0.316 e. The minimum atomic E-state index is -1.19. The summed E-state index contributed by atoms with van der Waals surface area (Å²) in [6.07, 6.45) is 18.6. The van der Waals surface area contributed by atoms with E-state index in [1.807, 2.05) is 36.4 Å². The van der Waals surface area contributed by atoms with Crippen molar-refractivity contribution in [3.63, 3.8) is 0 Å². The number of allylic oxidation sites excluding steroid dienone is 3. The molecule has 1 aromatic heterocycles. The van der Waals surface area contributed by atoms with Crippen molar-refractivity contribution < 1.29 is 28.5 Å². The molecule has 2 aromatic carbocycles. The predicted octanol–water partition coefficient (Wildman–Crippen LogP) is 7.05. The van der Waals surface area contributed by atoms with Crippen LogP contribution in [0.4, 0.5) is 5.69 Å². The van der Waals surface area contributed by atoms with Crippen LogP contribution in [-0.4, -0.2) is 52.0 Å². The Morgan fingerprint density at radius 1 is 1.00 bits per heavy atom. The molecule has 2 amide bonds. The number of benzene rings is 2. The van der Waals surface area contributed by atoms with Crippen LogP contribution in [0.25, 0.3) is 0 Å². The molecule has 2 unspecified atom stereocenters. The van der Waals surface area contributed by atoms with Crippen molar-refractivity contribution in [1.82, 2.24) is 10.3 Å². The first kappa shape index (κ1) is 35.0. The molecular formula is C38H43N6O5S+. The molecule has 0 radical (unpaired) electrons. The molecule has 1 aliphatic heterocycles. The number of amides is 2. The molecule has 260 valence electrons. The van der Waals surface area contributed by atoms with Crippen LogP contribution >= 0.6 is 11.8 Å². The Morgan fingerprint density at radius 3 is 2.64 bits per heavy atom. The summed E-state index contributed by atoms with van der Waals surface area (Å²) in [6.45, 7) is 2.52. The third-order valence-corrected chi connectivity index (χ3v) is 9.83. The first-order valence-corrected chi connectivity index (χ1v) is 18.5. The molecule has 3 aromatic rings. The van der Waals surface area contributed by atoms with Crippen molar-refractivity contribution in [2.24, 2.45) is 15.9 Å². The molecule has 6 rings (SSSR count). The number of ether oxygens (including phenoxy) is 2. The Labute approximate surface area is 296 Å². The fraction of sp³-hybridized carbons (Fsp3) is 0.395. The number of hydrogen-bond acceptors (Lipinski definition) is 8. The van der Waals surface area contributed by atoms with Crippen LogP contribution in [0.1, 0.15) is 82.2 Å². The highest BCUT2D eigenvalue weighted by molar-refractivity contribution is 7.99. The van der Waals surface area contributed by atoms with E-state index in [4.69, 9.17) is 9.47 Å². The standard InChI is InChI=1S/C38H42N6O5S/c1-2-3-4-14-23-48-34(45)25-50-33-24-44(43-42-33)35(36-39-29-19-10-8-18-28(29)37(46)41-36)38(47)40-30-20-11-13-22-32(30)49-31-21-12-9-17-27(31)26-15-6-5-7-16-26/h8-13,17-22,24,26,28,35H,2-7,14-16,23,25H2,1H3,(H,40,47)/p+1. The summed E-state index contributed by atoms with van der Waals surface area (Å²) in [6, 6.07) is 14.1. The molecule has 11 nitrogen and oxygen atoms in total. The molecule has 1 fully saturated rings. The number of anilines is 1. The quantitative estimate of drug-likeness (QED) is 0.0752. The second-order valence-corrected chi connectivity index (χ2v) is 13.6. The van der Waals surface area contributed by atoms with Crippen molar-refractivity contribution in [1.29, 1.82) is 0 Å². The van der Waals surface area contributed by atoms with E-state index in [0.717, 1.165) is 44.3 Å². The van der Waals surface area contributed by atoms with Crippen molar-refractivity contribution in [2.75, 3.05) is 17.7 Å². The van der Waals surface area contributed by atoms with Crippen molar-refractivity contribution >= 4 is 46.8 Å². The third-order valence-electron chi connectivity index (χ3n) is 8.96. The Bertz CT molecular complexity index is 1810. The van der Waals surface area contributed by atoms with Crippen molar-refractivity contribution in [3.05, 3.63) is 84.6 Å². The van der Waals surface area contributed by atoms with Gasteiger partial charge in [0.05, 0.1) is 28.9 Å². The van der Waals surface area contributed by atoms with Crippen molar-refractivity contribution in [3.8, 4) is 11.5 Å².